The van der Waals surface area contributed by atoms with Crippen LogP contribution in [0.25, 0.3) is 0 Å². The summed E-state index contributed by atoms with van der Waals surface area (Å²) in [6.07, 6.45) is 3.99. The molecule has 0 N–H and O–H groups in total. The zero-order valence-electron chi connectivity index (χ0n) is 11.5. The maximum atomic E-state index is 13.2. The molecule has 2 rings (SSSR count). The summed E-state index contributed by atoms with van der Waals surface area (Å²) >= 11 is 5.75. The van der Waals surface area contributed by atoms with E-state index in [9.17, 15) is 14.0 Å². The van der Waals surface area contributed by atoms with Crippen molar-refractivity contribution in [2.45, 2.75) is 25.8 Å². The average Bonchev–Trinajstić information content (AvgIpc) is 3.26. The van der Waals surface area contributed by atoms with Gasteiger partial charge in [0.25, 0.3) is 5.91 Å². The Kier molecular flexibility index (Phi) is 4.96. The molecule has 1 amide bonds. The van der Waals surface area contributed by atoms with Crippen molar-refractivity contribution in [3.05, 3.63) is 41.2 Å². The maximum absolute atomic E-state index is 13.2. The van der Waals surface area contributed by atoms with E-state index in [1.165, 1.54) is 23.1 Å². The first kappa shape index (κ1) is 15.5. The highest BCUT2D eigenvalue weighted by Crippen LogP contribution is 2.33. The van der Waals surface area contributed by atoms with E-state index in [0.717, 1.165) is 25.0 Å². The normalized spacial score (nSPS) is 14.2. The smallest absolute Gasteiger partial charge is 0.330 e. The lowest BCUT2D eigenvalue weighted by molar-refractivity contribution is -0.137. The predicted octanol–water partition coefficient (Wildman–Crippen LogP) is 3.09. The molecule has 112 valence electrons. The van der Waals surface area contributed by atoms with Crippen LogP contribution < -0.4 is 4.90 Å². The Morgan fingerprint density at radius 2 is 2.14 bits per heavy atom. The Balaban J connectivity index is 2.17. The minimum Gasteiger partial charge on any atom is -0.463 e. The number of esters is 1. The van der Waals surface area contributed by atoms with Gasteiger partial charge in [0.2, 0.25) is 0 Å². The molecule has 0 atom stereocenters. The van der Waals surface area contributed by atoms with Crippen LogP contribution in [-0.2, 0) is 14.3 Å². The highest BCUT2D eigenvalue weighted by molar-refractivity contribution is 6.31. The highest BCUT2D eigenvalue weighted by atomic mass is 35.5. The first-order valence-electron chi connectivity index (χ1n) is 6.66. The molecule has 0 radical (unpaired) electrons. The standard InChI is InChI=1S/C15H15ClFNO3/c1-2-21-15(20)8-7-14(19)18(10-3-4-10)11-5-6-13(17)12(16)9-11/h5-10H,2-4H2,1H3/b8-7+. The topological polar surface area (TPSA) is 46.6 Å². The van der Waals surface area contributed by atoms with Crippen LogP contribution in [0, 0.1) is 5.82 Å². The van der Waals surface area contributed by atoms with Crippen molar-refractivity contribution in [3.63, 3.8) is 0 Å². The number of benzene rings is 1. The van der Waals surface area contributed by atoms with Crippen LogP contribution in [0.2, 0.25) is 5.02 Å². The first-order chi connectivity index (χ1) is 10.0. The number of carbonyl (C=O) groups is 2. The van der Waals surface area contributed by atoms with Crippen LogP contribution in [0.4, 0.5) is 10.1 Å². The zero-order chi connectivity index (χ0) is 15.4. The van der Waals surface area contributed by atoms with Gasteiger partial charge in [-0.3, -0.25) is 4.79 Å². The van der Waals surface area contributed by atoms with E-state index < -0.39 is 11.8 Å². The van der Waals surface area contributed by atoms with E-state index in [1.54, 1.807) is 6.92 Å². The Labute approximate surface area is 127 Å². The maximum Gasteiger partial charge on any atom is 0.330 e. The van der Waals surface area contributed by atoms with Crippen LogP contribution in [0.3, 0.4) is 0 Å². The van der Waals surface area contributed by atoms with Crippen molar-refractivity contribution in [1.82, 2.24) is 0 Å². The monoisotopic (exact) mass is 311 g/mol. The fraction of sp³-hybridized carbons (Fsp3) is 0.333. The summed E-state index contributed by atoms with van der Waals surface area (Å²) in [5.74, 6) is -1.46. The fourth-order valence-electron chi connectivity index (χ4n) is 1.90. The molecule has 1 saturated carbocycles. The summed E-state index contributed by atoms with van der Waals surface area (Å²) in [6, 6.07) is 4.18. The van der Waals surface area contributed by atoms with Crippen LogP contribution in [0.5, 0.6) is 0 Å². The largest absolute Gasteiger partial charge is 0.463 e. The fourth-order valence-corrected chi connectivity index (χ4v) is 2.07. The lowest BCUT2D eigenvalue weighted by Gasteiger charge is -2.21. The summed E-state index contributed by atoms with van der Waals surface area (Å²) in [5, 5.41) is -0.0414. The lowest BCUT2D eigenvalue weighted by atomic mass is 10.2. The van der Waals surface area contributed by atoms with Crippen LogP contribution in [0.15, 0.2) is 30.4 Å². The molecule has 6 heteroatoms. The molecule has 0 aromatic heterocycles. The molecule has 1 aromatic carbocycles. The molecule has 1 fully saturated rings. The third kappa shape index (κ3) is 4.04. The van der Waals surface area contributed by atoms with Gasteiger partial charge in [-0.05, 0) is 38.0 Å². The summed E-state index contributed by atoms with van der Waals surface area (Å²) in [6.45, 7) is 1.93. The Morgan fingerprint density at radius 3 is 2.71 bits per heavy atom. The second-order valence-corrected chi connectivity index (χ2v) is 5.03. The summed E-state index contributed by atoms with van der Waals surface area (Å²) < 4.78 is 17.9. The lowest BCUT2D eigenvalue weighted by Crippen LogP contribution is -2.31. The minimum absolute atomic E-state index is 0.0414. The molecule has 0 spiro atoms. The number of hydrogen-bond donors (Lipinski definition) is 0. The molecule has 1 aliphatic rings. The number of nitrogens with zero attached hydrogens (tertiary/aromatic N) is 1. The second-order valence-electron chi connectivity index (χ2n) is 4.62. The van der Waals surface area contributed by atoms with Crippen molar-refractivity contribution >= 4 is 29.2 Å². The third-order valence-electron chi connectivity index (χ3n) is 2.98. The highest BCUT2D eigenvalue weighted by Gasteiger charge is 2.33. The summed E-state index contributed by atoms with van der Waals surface area (Å²) in [5.41, 5.74) is 0.516. The summed E-state index contributed by atoms with van der Waals surface area (Å²) in [4.78, 5) is 25.0. The van der Waals surface area contributed by atoms with Gasteiger partial charge in [-0.15, -0.1) is 0 Å². The molecular weight excluding hydrogens is 297 g/mol. The van der Waals surface area contributed by atoms with Crippen molar-refractivity contribution in [3.8, 4) is 0 Å². The van der Waals surface area contributed by atoms with Gasteiger partial charge < -0.3 is 9.64 Å². The Hall–Kier alpha value is -1.88. The van der Waals surface area contributed by atoms with Gasteiger partial charge in [0.1, 0.15) is 5.82 Å². The van der Waals surface area contributed by atoms with Gasteiger partial charge in [-0.2, -0.15) is 0 Å². The number of hydrogen-bond acceptors (Lipinski definition) is 3. The molecule has 0 unspecified atom stereocenters. The van der Waals surface area contributed by atoms with Crippen LogP contribution in [-0.4, -0.2) is 24.5 Å². The molecule has 1 aliphatic carbocycles. The number of carbonyl (C=O) groups excluding carboxylic acids is 2. The van der Waals surface area contributed by atoms with E-state index in [1.807, 2.05) is 0 Å². The molecular formula is C15H15ClFNO3. The molecule has 21 heavy (non-hydrogen) atoms. The van der Waals surface area contributed by atoms with E-state index in [-0.39, 0.29) is 23.6 Å². The van der Waals surface area contributed by atoms with Crippen molar-refractivity contribution in [2.75, 3.05) is 11.5 Å². The summed E-state index contributed by atoms with van der Waals surface area (Å²) in [7, 11) is 0. The predicted molar refractivity (Wildman–Crippen MR) is 77.7 cm³/mol. The zero-order valence-corrected chi connectivity index (χ0v) is 12.3. The molecule has 4 nitrogen and oxygen atoms in total. The number of halogens is 2. The van der Waals surface area contributed by atoms with E-state index >= 15 is 0 Å². The van der Waals surface area contributed by atoms with Crippen molar-refractivity contribution in [2.24, 2.45) is 0 Å². The molecule has 0 heterocycles. The number of anilines is 1. The van der Waals surface area contributed by atoms with Gasteiger partial charge in [0.05, 0.1) is 11.6 Å². The SMILES string of the molecule is CCOC(=O)/C=C/C(=O)N(c1ccc(F)c(Cl)c1)C1CC1. The number of amides is 1. The molecule has 0 aliphatic heterocycles. The third-order valence-corrected chi connectivity index (χ3v) is 3.27. The molecule has 1 aromatic rings. The van der Waals surface area contributed by atoms with Gasteiger partial charge in [0.15, 0.2) is 0 Å². The number of ether oxygens (including phenoxy) is 1. The quantitative estimate of drug-likeness (QED) is 0.620. The number of rotatable bonds is 5. The Bertz CT molecular complexity index is 584. The van der Waals surface area contributed by atoms with Crippen LogP contribution in [0.1, 0.15) is 19.8 Å². The van der Waals surface area contributed by atoms with Gasteiger partial charge in [0, 0.05) is 23.9 Å². The molecule has 0 saturated heterocycles. The van der Waals surface area contributed by atoms with E-state index in [0.29, 0.717) is 5.69 Å². The van der Waals surface area contributed by atoms with Gasteiger partial charge in [-0.1, -0.05) is 11.6 Å². The van der Waals surface area contributed by atoms with Gasteiger partial charge in [-0.25, -0.2) is 9.18 Å². The van der Waals surface area contributed by atoms with Gasteiger partial charge >= 0.3 is 5.97 Å². The average molecular weight is 312 g/mol. The van der Waals surface area contributed by atoms with E-state index in [4.69, 9.17) is 16.3 Å². The van der Waals surface area contributed by atoms with Crippen molar-refractivity contribution in [1.29, 1.82) is 0 Å². The molecule has 0 bridgehead atoms. The first-order valence-corrected chi connectivity index (χ1v) is 7.03. The minimum atomic E-state index is -0.571. The van der Waals surface area contributed by atoms with Crippen molar-refractivity contribution < 1.29 is 18.7 Å². The second kappa shape index (κ2) is 6.72. The van der Waals surface area contributed by atoms with Crippen LogP contribution >= 0.6 is 11.6 Å². The van der Waals surface area contributed by atoms with E-state index in [2.05, 4.69) is 0 Å². The Morgan fingerprint density at radius 1 is 1.43 bits per heavy atom.